The quantitative estimate of drug-likeness (QED) is 0.497. The number of carbonyl (C=O) groups is 1. The van der Waals surface area contributed by atoms with Crippen LogP contribution in [0.25, 0.3) is 0 Å². The van der Waals surface area contributed by atoms with Crippen LogP contribution in [0.4, 0.5) is 0 Å². The Kier molecular flexibility index (Phi) is 8.02. The summed E-state index contributed by atoms with van der Waals surface area (Å²) < 4.78 is 16.2. The number of nitrogens with zero attached hydrogens (tertiary/aromatic N) is 1. The standard InChI is InChI=1S/C14H27NO4/c1-4-17-13(18-5-2)11-15-9-7-12(8-10-15)14(16)19-6-3/h12-13H,4-11H2,1-3H3. The third-order valence-corrected chi connectivity index (χ3v) is 3.32. The maximum absolute atomic E-state index is 11.6. The maximum atomic E-state index is 11.6. The van der Waals surface area contributed by atoms with Crippen molar-refractivity contribution in [3.05, 3.63) is 0 Å². The van der Waals surface area contributed by atoms with Gasteiger partial charge >= 0.3 is 5.97 Å². The first-order valence-corrected chi connectivity index (χ1v) is 7.33. The lowest BCUT2D eigenvalue weighted by molar-refractivity contribution is -0.155. The third-order valence-electron chi connectivity index (χ3n) is 3.32. The summed E-state index contributed by atoms with van der Waals surface area (Å²) in [5, 5.41) is 0. The third kappa shape index (κ3) is 5.89. The molecule has 19 heavy (non-hydrogen) atoms. The Hall–Kier alpha value is -0.650. The molecule has 0 amide bonds. The van der Waals surface area contributed by atoms with Gasteiger partial charge in [-0.05, 0) is 46.7 Å². The van der Waals surface area contributed by atoms with E-state index in [4.69, 9.17) is 14.2 Å². The van der Waals surface area contributed by atoms with Gasteiger partial charge in [0, 0.05) is 19.8 Å². The van der Waals surface area contributed by atoms with Crippen LogP contribution in [0, 0.1) is 5.92 Å². The van der Waals surface area contributed by atoms with E-state index >= 15 is 0 Å². The molecule has 1 saturated heterocycles. The van der Waals surface area contributed by atoms with Crippen molar-refractivity contribution in [2.45, 2.75) is 39.9 Å². The Balaban J connectivity index is 2.30. The van der Waals surface area contributed by atoms with Gasteiger partial charge in [-0.2, -0.15) is 0 Å². The minimum absolute atomic E-state index is 0.0479. The second-order valence-corrected chi connectivity index (χ2v) is 4.67. The fourth-order valence-corrected chi connectivity index (χ4v) is 2.35. The topological polar surface area (TPSA) is 48.0 Å². The lowest BCUT2D eigenvalue weighted by Crippen LogP contribution is -2.42. The fraction of sp³-hybridized carbons (Fsp3) is 0.929. The molecule has 0 radical (unpaired) electrons. The van der Waals surface area contributed by atoms with Crippen molar-refractivity contribution in [1.29, 1.82) is 0 Å². The van der Waals surface area contributed by atoms with Gasteiger partial charge in [0.25, 0.3) is 0 Å². The van der Waals surface area contributed by atoms with Crippen LogP contribution in [0.2, 0.25) is 0 Å². The molecule has 0 aromatic carbocycles. The highest BCUT2D eigenvalue weighted by atomic mass is 16.7. The maximum Gasteiger partial charge on any atom is 0.309 e. The predicted molar refractivity (Wildman–Crippen MR) is 72.8 cm³/mol. The molecule has 0 atom stereocenters. The van der Waals surface area contributed by atoms with Crippen molar-refractivity contribution in [3.63, 3.8) is 0 Å². The summed E-state index contributed by atoms with van der Waals surface area (Å²) in [6, 6.07) is 0. The Bertz CT molecular complexity index is 246. The molecule has 0 aromatic heterocycles. The van der Waals surface area contributed by atoms with Gasteiger partial charge in [0.2, 0.25) is 0 Å². The molecule has 0 spiro atoms. The smallest absolute Gasteiger partial charge is 0.309 e. The van der Waals surface area contributed by atoms with Crippen molar-refractivity contribution in [2.24, 2.45) is 5.92 Å². The van der Waals surface area contributed by atoms with Crippen LogP contribution in [0.5, 0.6) is 0 Å². The number of hydrogen-bond donors (Lipinski definition) is 0. The molecule has 0 aliphatic carbocycles. The SMILES string of the molecule is CCOC(=O)C1CCN(CC(OCC)OCC)CC1. The van der Waals surface area contributed by atoms with Crippen LogP contribution in [0.3, 0.4) is 0 Å². The van der Waals surface area contributed by atoms with Crippen molar-refractivity contribution >= 4 is 5.97 Å². The van der Waals surface area contributed by atoms with Crippen LogP contribution in [0.15, 0.2) is 0 Å². The van der Waals surface area contributed by atoms with Gasteiger partial charge in [0.1, 0.15) is 0 Å². The number of hydrogen-bond acceptors (Lipinski definition) is 5. The molecule has 1 aliphatic rings. The summed E-state index contributed by atoms with van der Waals surface area (Å²) in [6.07, 6.45) is 1.57. The average molecular weight is 273 g/mol. The summed E-state index contributed by atoms with van der Waals surface area (Å²) in [7, 11) is 0. The van der Waals surface area contributed by atoms with Gasteiger partial charge in [-0.3, -0.25) is 9.69 Å². The van der Waals surface area contributed by atoms with Crippen LogP contribution in [-0.2, 0) is 19.0 Å². The molecule has 1 rings (SSSR count). The molecule has 5 heteroatoms. The zero-order valence-electron chi connectivity index (χ0n) is 12.4. The lowest BCUT2D eigenvalue weighted by Gasteiger charge is -2.33. The minimum atomic E-state index is -0.158. The summed E-state index contributed by atoms with van der Waals surface area (Å²) in [4.78, 5) is 13.9. The summed E-state index contributed by atoms with van der Waals surface area (Å²) in [5.41, 5.74) is 0. The summed E-state index contributed by atoms with van der Waals surface area (Å²) in [5.74, 6) is 0.0159. The normalized spacial score (nSPS) is 17.9. The molecule has 112 valence electrons. The van der Waals surface area contributed by atoms with E-state index in [1.807, 2.05) is 20.8 Å². The second kappa shape index (κ2) is 9.28. The zero-order chi connectivity index (χ0) is 14.1. The highest BCUT2D eigenvalue weighted by Gasteiger charge is 2.27. The number of esters is 1. The van der Waals surface area contributed by atoms with E-state index in [0.29, 0.717) is 19.8 Å². The van der Waals surface area contributed by atoms with Crippen LogP contribution < -0.4 is 0 Å². The number of carbonyl (C=O) groups excluding carboxylic acids is 1. The fourth-order valence-electron chi connectivity index (χ4n) is 2.35. The van der Waals surface area contributed by atoms with E-state index in [1.54, 1.807) is 0 Å². The second-order valence-electron chi connectivity index (χ2n) is 4.67. The minimum Gasteiger partial charge on any atom is -0.466 e. The zero-order valence-corrected chi connectivity index (χ0v) is 12.4. The molecule has 1 heterocycles. The van der Waals surface area contributed by atoms with E-state index < -0.39 is 0 Å². The van der Waals surface area contributed by atoms with E-state index in [1.165, 1.54) is 0 Å². The van der Waals surface area contributed by atoms with Crippen LogP contribution in [0.1, 0.15) is 33.6 Å². The van der Waals surface area contributed by atoms with Gasteiger partial charge in [-0.15, -0.1) is 0 Å². The first-order valence-electron chi connectivity index (χ1n) is 7.33. The number of piperidine rings is 1. The first kappa shape index (κ1) is 16.4. The van der Waals surface area contributed by atoms with E-state index in [9.17, 15) is 4.79 Å². The molecular formula is C14H27NO4. The Morgan fingerprint density at radius 1 is 1.11 bits per heavy atom. The lowest BCUT2D eigenvalue weighted by atomic mass is 9.97. The van der Waals surface area contributed by atoms with Crippen LogP contribution >= 0.6 is 0 Å². The summed E-state index contributed by atoms with van der Waals surface area (Å²) in [6.45, 7) is 10.2. The number of ether oxygens (including phenoxy) is 3. The van der Waals surface area contributed by atoms with E-state index in [0.717, 1.165) is 32.5 Å². The Labute approximate surface area is 116 Å². The van der Waals surface area contributed by atoms with Crippen molar-refractivity contribution in [2.75, 3.05) is 39.5 Å². The molecule has 1 fully saturated rings. The number of rotatable bonds is 8. The van der Waals surface area contributed by atoms with Crippen molar-refractivity contribution in [1.82, 2.24) is 4.90 Å². The summed E-state index contributed by atoms with van der Waals surface area (Å²) >= 11 is 0. The largest absolute Gasteiger partial charge is 0.466 e. The predicted octanol–water partition coefficient (Wildman–Crippen LogP) is 1.66. The molecule has 1 aliphatic heterocycles. The first-order chi connectivity index (χ1) is 9.21. The molecule has 0 unspecified atom stereocenters. The van der Waals surface area contributed by atoms with Crippen molar-refractivity contribution in [3.8, 4) is 0 Å². The molecule has 0 aromatic rings. The molecule has 0 N–H and O–H groups in total. The highest BCUT2D eigenvalue weighted by molar-refractivity contribution is 5.72. The van der Waals surface area contributed by atoms with E-state index in [-0.39, 0.29) is 18.2 Å². The van der Waals surface area contributed by atoms with Gasteiger partial charge in [0.05, 0.1) is 12.5 Å². The molecule has 0 bridgehead atoms. The number of likely N-dealkylation sites (tertiary alicyclic amines) is 1. The average Bonchev–Trinajstić information content (AvgIpc) is 2.40. The van der Waals surface area contributed by atoms with Gasteiger partial charge in [0.15, 0.2) is 6.29 Å². The van der Waals surface area contributed by atoms with Gasteiger partial charge < -0.3 is 14.2 Å². The van der Waals surface area contributed by atoms with Crippen molar-refractivity contribution < 1.29 is 19.0 Å². The van der Waals surface area contributed by atoms with Gasteiger partial charge in [-0.25, -0.2) is 0 Å². The Morgan fingerprint density at radius 3 is 2.16 bits per heavy atom. The molecule has 0 saturated carbocycles. The van der Waals surface area contributed by atoms with Crippen LogP contribution in [-0.4, -0.2) is 56.6 Å². The van der Waals surface area contributed by atoms with E-state index in [2.05, 4.69) is 4.90 Å². The molecule has 5 nitrogen and oxygen atoms in total. The molecular weight excluding hydrogens is 246 g/mol. The van der Waals surface area contributed by atoms with Gasteiger partial charge in [-0.1, -0.05) is 0 Å². The highest BCUT2D eigenvalue weighted by Crippen LogP contribution is 2.19. The Morgan fingerprint density at radius 2 is 1.68 bits per heavy atom. The monoisotopic (exact) mass is 273 g/mol.